The Balaban J connectivity index is 2.35. The highest BCUT2D eigenvalue weighted by Gasteiger charge is 2.17. The van der Waals surface area contributed by atoms with E-state index in [4.69, 9.17) is 4.74 Å². The van der Waals surface area contributed by atoms with Crippen molar-refractivity contribution in [1.29, 1.82) is 0 Å². The molecule has 23 heavy (non-hydrogen) atoms. The van der Waals surface area contributed by atoms with E-state index < -0.39 is 21.7 Å². The highest BCUT2D eigenvalue weighted by atomic mass is 32.2. The first-order valence-corrected chi connectivity index (χ1v) is 8.04. The summed E-state index contributed by atoms with van der Waals surface area (Å²) in [6, 6.07) is 9.10. The molecule has 0 saturated carbocycles. The molecule has 122 valence electrons. The second kappa shape index (κ2) is 6.66. The van der Waals surface area contributed by atoms with Gasteiger partial charge >= 0.3 is 0 Å². The molecular formula is C15H15FN2O4S. The maximum atomic E-state index is 13.4. The fourth-order valence-electron chi connectivity index (χ4n) is 1.86. The van der Waals surface area contributed by atoms with Crippen LogP contribution in [0.15, 0.2) is 47.4 Å². The molecule has 0 radical (unpaired) electrons. The number of methoxy groups -OCH3 is 1. The summed E-state index contributed by atoms with van der Waals surface area (Å²) in [4.78, 5) is 11.1. The second-order valence-electron chi connectivity index (χ2n) is 4.65. The van der Waals surface area contributed by atoms with Gasteiger partial charge in [0, 0.05) is 13.0 Å². The fraction of sp³-hybridized carbons (Fsp3) is 0.133. The first-order chi connectivity index (χ1) is 10.8. The van der Waals surface area contributed by atoms with Crippen molar-refractivity contribution in [1.82, 2.24) is 0 Å². The molecule has 0 fully saturated rings. The average Bonchev–Trinajstić information content (AvgIpc) is 2.49. The molecule has 0 atom stereocenters. The molecule has 0 saturated heterocycles. The molecule has 2 N–H and O–H groups in total. The molecule has 8 heteroatoms. The molecule has 1 amide bonds. The molecule has 0 heterocycles. The number of nitrogens with one attached hydrogen (secondary N) is 2. The van der Waals surface area contributed by atoms with Crippen LogP contribution in [0.25, 0.3) is 0 Å². The van der Waals surface area contributed by atoms with E-state index >= 15 is 0 Å². The van der Waals surface area contributed by atoms with Crippen LogP contribution in [0.5, 0.6) is 5.75 Å². The van der Waals surface area contributed by atoms with E-state index in [0.717, 1.165) is 12.1 Å². The zero-order valence-electron chi connectivity index (χ0n) is 12.5. The van der Waals surface area contributed by atoms with Crippen LogP contribution in [0.4, 0.5) is 15.8 Å². The van der Waals surface area contributed by atoms with Gasteiger partial charge in [-0.2, -0.15) is 0 Å². The summed E-state index contributed by atoms with van der Waals surface area (Å²) in [5.41, 5.74) is 0.104. The number of hydrogen-bond acceptors (Lipinski definition) is 4. The average molecular weight is 338 g/mol. The zero-order chi connectivity index (χ0) is 17.0. The lowest BCUT2D eigenvalue weighted by Crippen LogP contribution is -2.16. The summed E-state index contributed by atoms with van der Waals surface area (Å²) in [5, 5.41) is 2.44. The lowest BCUT2D eigenvalue weighted by atomic mass is 10.2. The summed E-state index contributed by atoms with van der Waals surface area (Å²) in [5.74, 6) is -0.526. The molecule has 2 aromatic carbocycles. The summed E-state index contributed by atoms with van der Waals surface area (Å²) in [6.45, 7) is 1.27. The number of ether oxygens (including phenoxy) is 1. The summed E-state index contributed by atoms with van der Waals surface area (Å²) >= 11 is 0. The Kier molecular flexibility index (Phi) is 4.85. The predicted molar refractivity (Wildman–Crippen MR) is 84.5 cm³/mol. The lowest BCUT2D eigenvalue weighted by Gasteiger charge is -2.13. The van der Waals surface area contributed by atoms with Gasteiger partial charge in [-0.1, -0.05) is 0 Å². The van der Waals surface area contributed by atoms with Gasteiger partial charge in [0.05, 0.1) is 23.4 Å². The van der Waals surface area contributed by atoms with Crippen molar-refractivity contribution in [2.75, 3.05) is 17.1 Å². The van der Waals surface area contributed by atoms with E-state index in [9.17, 15) is 17.6 Å². The summed E-state index contributed by atoms with van der Waals surface area (Å²) < 4.78 is 45.4. The van der Waals surface area contributed by atoms with Crippen molar-refractivity contribution in [2.45, 2.75) is 11.8 Å². The van der Waals surface area contributed by atoms with Gasteiger partial charge in [0.2, 0.25) is 5.91 Å². The molecule has 6 nitrogen and oxygen atoms in total. The Labute approximate surface area is 133 Å². The van der Waals surface area contributed by atoms with E-state index in [0.29, 0.717) is 5.75 Å². The Morgan fingerprint density at radius 3 is 2.30 bits per heavy atom. The molecule has 0 unspecified atom stereocenters. The van der Waals surface area contributed by atoms with Gasteiger partial charge in [-0.15, -0.1) is 0 Å². The number of hydrogen-bond donors (Lipinski definition) is 2. The molecule has 0 aliphatic rings. The van der Waals surface area contributed by atoms with Gasteiger partial charge in [-0.05, 0) is 36.4 Å². The van der Waals surface area contributed by atoms with Gasteiger partial charge in [0.15, 0.2) is 0 Å². The van der Waals surface area contributed by atoms with Crippen LogP contribution in [0, 0.1) is 5.82 Å². The number of carbonyl (C=O) groups is 1. The van der Waals surface area contributed by atoms with Crippen LogP contribution in [0.1, 0.15) is 6.92 Å². The SMILES string of the molecule is COc1ccc(S(=O)(=O)Nc2cc(F)ccc2NC(C)=O)cc1. The maximum absolute atomic E-state index is 13.4. The molecule has 2 rings (SSSR count). The monoisotopic (exact) mass is 338 g/mol. The van der Waals surface area contributed by atoms with E-state index in [1.165, 1.54) is 44.4 Å². The van der Waals surface area contributed by atoms with Gasteiger partial charge < -0.3 is 10.1 Å². The number of anilines is 2. The largest absolute Gasteiger partial charge is 0.497 e. The van der Waals surface area contributed by atoms with E-state index in [-0.39, 0.29) is 16.3 Å². The smallest absolute Gasteiger partial charge is 0.261 e. The van der Waals surface area contributed by atoms with Crippen LogP contribution in [-0.2, 0) is 14.8 Å². The number of halogens is 1. The Hall–Kier alpha value is -2.61. The van der Waals surface area contributed by atoms with Crippen molar-refractivity contribution in [3.63, 3.8) is 0 Å². The maximum Gasteiger partial charge on any atom is 0.261 e. The van der Waals surface area contributed by atoms with Crippen molar-refractivity contribution < 1.29 is 22.3 Å². The predicted octanol–water partition coefficient (Wildman–Crippen LogP) is 2.59. The molecule has 0 aliphatic carbocycles. The van der Waals surface area contributed by atoms with Crippen LogP contribution in [0.2, 0.25) is 0 Å². The topological polar surface area (TPSA) is 84.5 Å². The highest BCUT2D eigenvalue weighted by Crippen LogP contribution is 2.26. The minimum Gasteiger partial charge on any atom is -0.497 e. The van der Waals surface area contributed by atoms with Crippen LogP contribution in [-0.4, -0.2) is 21.4 Å². The molecule has 0 spiro atoms. The number of carbonyl (C=O) groups excluding carboxylic acids is 1. The first kappa shape index (κ1) is 16.8. The van der Waals surface area contributed by atoms with E-state index in [1.54, 1.807) is 0 Å². The zero-order valence-corrected chi connectivity index (χ0v) is 13.3. The summed E-state index contributed by atoms with van der Waals surface area (Å²) in [6.07, 6.45) is 0. The summed E-state index contributed by atoms with van der Waals surface area (Å²) in [7, 11) is -2.47. The van der Waals surface area contributed by atoms with Crippen molar-refractivity contribution in [3.05, 3.63) is 48.3 Å². The highest BCUT2D eigenvalue weighted by molar-refractivity contribution is 7.92. The normalized spacial score (nSPS) is 10.9. The molecule has 2 aromatic rings. The standard InChI is InChI=1S/C15H15FN2O4S/c1-10(19)17-14-8-3-11(16)9-15(14)18-23(20,21)13-6-4-12(22-2)5-7-13/h3-9,18H,1-2H3,(H,17,19). The fourth-order valence-corrected chi connectivity index (χ4v) is 2.93. The van der Waals surface area contributed by atoms with Crippen molar-refractivity contribution in [3.8, 4) is 5.75 Å². The van der Waals surface area contributed by atoms with E-state index in [2.05, 4.69) is 10.0 Å². The minimum absolute atomic E-state index is 0.0173. The van der Waals surface area contributed by atoms with Crippen LogP contribution >= 0.6 is 0 Å². The molecule has 0 aromatic heterocycles. The molecule has 0 bridgehead atoms. The lowest BCUT2D eigenvalue weighted by molar-refractivity contribution is -0.114. The third-order valence-corrected chi connectivity index (χ3v) is 4.29. The Morgan fingerprint density at radius 1 is 1.09 bits per heavy atom. The van der Waals surface area contributed by atoms with Gasteiger partial charge in [0.1, 0.15) is 11.6 Å². The van der Waals surface area contributed by atoms with Crippen molar-refractivity contribution in [2.24, 2.45) is 0 Å². The van der Waals surface area contributed by atoms with Crippen molar-refractivity contribution >= 4 is 27.3 Å². The van der Waals surface area contributed by atoms with E-state index in [1.807, 2.05) is 0 Å². The second-order valence-corrected chi connectivity index (χ2v) is 6.33. The number of sulfonamides is 1. The van der Waals surface area contributed by atoms with Gasteiger partial charge in [-0.3, -0.25) is 9.52 Å². The number of rotatable bonds is 5. The van der Waals surface area contributed by atoms with Gasteiger partial charge in [0.25, 0.3) is 10.0 Å². The Bertz CT molecular complexity index is 820. The van der Waals surface area contributed by atoms with Crippen LogP contribution < -0.4 is 14.8 Å². The number of benzene rings is 2. The minimum atomic E-state index is -3.94. The third kappa shape index (κ3) is 4.19. The number of amides is 1. The molecule has 0 aliphatic heterocycles. The first-order valence-electron chi connectivity index (χ1n) is 6.56. The van der Waals surface area contributed by atoms with Gasteiger partial charge in [-0.25, -0.2) is 12.8 Å². The molecular weight excluding hydrogens is 323 g/mol. The quantitative estimate of drug-likeness (QED) is 0.877. The van der Waals surface area contributed by atoms with Crippen LogP contribution in [0.3, 0.4) is 0 Å². The third-order valence-electron chi connectivity index (χ3n) is 2.91. The Morgan fingerprint density at radius 2 is 1.74 bits per heavy atom.